The van der Waals surface area contributed by atoms with Crippen LogP contribution in [0.2, 0.25) is 0 Å². The van der Waals surface area contributed by atoms with Gasteiger partial charge in [0.1, 0.15) is 17.7 Å². The fourth-order valence-corrected chi connectivity index (χ4v) is 9.93. The fourth-order valence-electron chi connectivity index (χ4n) is 9.93. The third-order valence-electron chi connectivity index (χ3n) is 13.1. The van der Waals surface area contributed by atoms with E-state index < -0.39 is 12.1 Å². The summed E-state index contributed by atoms with van der Waals surface area (Å²) in [6.45, 7) is 4.43. The summed E-state index contributed by atoms with van der Waals surface area (Å²) in [5.74, 6) is 2.60. The molecule has 3 aromatic carbocycles. The molecule has 1 saturated heterocycles. The van der Waals surface area contributed by atoms with Gasteiger partial charge in [-0.25, -0.2) is 14.8 Å². The van der Waals surface area contributed by atoms with Crippen molar-refractivity contribution in [3.63, 3.8) is 0 Å². The van der Waals surface area contributed by atoms with Gasteiger partial charge >= 0.3 is 6.09 Å². The lowest BCUT2D eigenvalue weighted by Crippen LogP contribution is -2.51. The monoisotopic (exact) mass is 765 g/mol. The Morgan fingerprint density at radius 3 is 2.00 bits per heavy atom. The average molecular weight is 766 g/mol. The molecule has 1 unspecified atom stereocenters. The first-order valence-electron chi connectivity index (χ1n) is 20.5. The number of hydrogen-bond acceptors (Lipinski definition) is 6. The number of aromatic nitrogens is 4. The van der Waals surface area contributed by atoms with Gasteiger partial charge in [-0.1, -0.05) is 92.7 Å². The number of amides is 3. The number of aromatic amines is 2. The number of likely N-dealkylation sites (tertiary alicyclic amines) is 1. The van der Waals surface area contributed by atoms with E-state index in [4.69, 9.17) is 14.7 Å². The highest BCUT2D eigenvalue weighted by Crippen LogP contribution is 2.57. The number of nitrogens with one attached hydrogen (secondary N) is 4. The van der Waals surface area contributed by atoms with Crippen molar-refractivity contribution in [2.24, 2.45) is 23.7 Å². The van der Waals surface area contributed by atoms with E-state index in [9.17, 15) is 14.4 Å². The molecule has 0 spiro atoms. The molecular weight excluding hydrogens is 715 g/mol. The van der Waals surface area contributed by atoms with Crippen LogP contribution >= 0.6 is 0 Å². The van der Waals surface area contributed by atoms with Gasteiger partial charge in [0, 0.05) is 12.5 Å². The maximum atomic E-state index is 14.0. The predicted molar refractivity (Wildman–Crippen MR) is 217 cm³/mol. The van der Waals surface area contributed by atoms with Crippen LogP contribution in [0.4, 0.5) is 4.79 Å². The number of carbonyl (C=O) groups is 3. The Morgan fingerprint density at radius 1 is 0.789 bits per heavy atom. The SMILES string of the molecule is COC(=O)NC(C(=O)N1CCC[C@H]1c1ncc(-c2ccc(-c3ccc(-c4cnc([C@@H]5[C@H]6CC[C@H](C6)[C@H]5C(=O)NC5(c6ccccc6)CC5)[nH]4)cc3)cc2)[nH]1)C(C)C. The van der Waals surface area contributed by atoms with Crippen LogP contribution < -0.4 is 10.6 Å². The van der Waals surface area contributed by atoms with Gasteiger partial charge < -0.3 is 30.2 Å². The molecule has 57 heavy (non-hydrogen) atoms. The predicted octanol–water partition coefficient (Wildman–Crippen LogP) is 8.11. The molecule has 3 aliphatic carbocycles. The van der Waals surface area contributed by atoms with E-state index in [1.165, 1.54) is 12.7 Å². The van der Waals surface area contributed by atoms with Crippen molar-refractivity contribution < 1.29 is 19.1 Å². The Morgan fingerprint density at radius 2 is 1.39 bits per heavy atom. The average Bonchev–Trinajstić information content (AvgIpc) is 3.90. The van der Waals surface area contributed by atoms with E-state index in [1.807, 2.05) is 37.2 Å². The van der Waals surface area contributed by atoms with Gasteiger partial charge in [0.05, 0.1) is 48.4 Å². The van der Waals surface area contributed by atoms with E-state index >= 15 is 0 Å². The number of ether oxygens (including phenoxy) is 1. The molecule has 2 aromatic heterocycles. The van der Waals surface area contributed by atoms with Gasteiger partial charge in [0.15, 0.2) is 0 Å². The van der Waals surface area contributed by atoms with Crippen LogP contribution in [0.25, 0.3) is 33.6 Å². The molecule has 1 aliphatic heterocycles. The highest BCUT2D eigenvalue weighted by atomic mass is 16.5. The molecule has 6 atom stereocenters. The Kier molecular flexibility index (Phi) is 9.70. The summed E-state index contributed by atoms with van der Waals surface area (Å²) < 4.78 is 4.77. The second-order valence-electron chi connectivity index (χ2n) is 16.9. The maximum Gasteiger partial charge on any atom is 0.407 e. The van der Waals surface area contributed by atoms with Crippen molar-refractivity contribution in [1.29, 1.82) is 0 Å². The molecule has 4 fully saturated rings. The molecule has 0 radical (unpaired) electrons. The zero-order valence-electron chi connectivity index (χ0n) is 32.8. The second-order valence-corrected chi connectivity index (χ2v) is 16.9. The van der Waals surface area contributed by atoms with Gasteiger partial charge in [-0.15, -0.1) is 0 Å². The highest BCUT2D eigenvalue weighted by Gasteiger charge is 2.55. The van der Waals surface area contributed by atoms with Crippen molar-refractivity contribution >= 4 is 17.9 Å². The molecular formula is C46H51N7O4. The summed E-state index contributed by atoms with van der Waals surface area (Å²) in [7, 11) is 1.30. The Balaban J connectivity index is 0.858. The minimum atomic E-state index is -0.675. The van der Waals surface area contributed by atoms with Crippen molar-refractivity contribution in [2.75, 3.05) is 13.7 Å². The molecule has 4 N–H and O–H groups in total. The lowest BCUT2D eigenvalue weighted by atomic mass is 9.78. The summed E-state index contributed by atoms with van der Waals surface area (Å²) in [6, 6.07) is 26.5. The number of nitrogens with zero attached hydrogens (tertiary/aromatic N) is 3. The first-order valence-corrected chi connectivity index (χ1v) is 20.5. The molecule has 294 valence electrons. The van der Waals surface area contributed by atoms with Gasteiger partial charge in [-0.05, 0) is 90.5 Å². The number of methoxy groups -OCH3 is 1. The van der Waals surface area contributed by atoms with Crippen LogP contribution in [0.1, 0.15) is 88.0 Å². The van der Waals surface area contributed by atoms with Crippen molar-refractivity contribution in [3.05, 3.63) is 108 Å². The minimum absolute atomic E-state index is 0.0523. The number of alkyl carbamates (subject to hydrolysis) is 1. The zero-order chi connectivity index (χ0) is 39.3. The number of fused-ring (bicyclic) bond motifs is 2. The van der Waals surface area contributed by atoms with Crippen LogP contribution in [0.15, 0.2) is 91.3 Å². The first-order chi connectivity index (χ1) is 27.7. The van der Waals surface area contributed by atoms with Gasteiger partial charge in [-0.3, -0.25) is 9.59 Å². The standard InChI is InChI=1S/C46H51N7O4/c1-27(2)40(51-45(56)57-3)44(55)53-23-7-10-37(53)41-47-25-35(49-41)30-15-11-28(12-16-30)29-13-17-31(18-14-29)36-26-48-42(50-36)38-32-19-20-33(24-32)39(38)43(54)52-46(21-22-46)34-8-5-4-6-9-34/h4-6,8-9,11-18,25-27,32-33,37-40H,7,10,19-24H2,1-3H3,(H,47,49)(H,48,50)(H,51,56)(H,52,54)/t32-,33+,37-,38+,39+,40?/m0/s1. The van der Waals surface area contributed by atoms with Crippen LogP contribution in [-0.2, 0) is 19.9 Å². The van der Waals surface area contributed by atoms with Crippen molar-refractivity contribution in [1.82, 2.24) is 35.5 Å². The lowest BCUT2D eigenvalue weighted by molar-refractivity contribution is -0.135. The Bertz CT molecular complexity index is 2240. The molecule has 3 saturated carbocycles. The number of H-pyrrole nitrogens is 2. The van der Waals surface area contributed by atoms with E-state index in [0.717, 1.165) is 90.2 Å². The summed E-state index contributed by atoms with van der Waals surface area (Å²) in [5, 5.41) is 6.21. The summed E-state index contributed by atoms with van der Waals surface area (Å²) in [5.41, 5.74) is 7.11. The van der Waals surface area contributed by atoms with E-state index in [0.29, 0.717) is 18.4 Å². The van der Waals surface area contributed by atoms with Gasteiger partial charge in [0.25, 0.3) is 0 Å². The lowest BCUT2D eigenvalue weighted by Gasteiger charge is -2.31. The third kappa shape index (κ3) is 7.02. The van der Waals surface area contributed by atoms with Crippen LogP contribution in [0.3, 0.4) is 0 Å². The first kappa shape index (κ1) is 36.9. The van der Waals surface area contributed by atoms with Crippen molar-refractivity contribution in [2.45, 2.75) is 82.3 Å². The minimum Gasteiger partial charge on any atom is -0.453 e. The number of hydrogen-bond donors (Lipinski definition) is 4. The van der Waals surface area contributed by atoms with E-state index in [2.05, 4.69) is 93.4 Å². The topological polar surface area (TPSA) is 145 Å². The Labute approximate surface area is 333 Å². The molecule has 2 bridgehead atoms. The van der Waals surface area contributed by atoms with Gasteiger partial charge in [-0.2, -0.15) is 0 Å². The molecule has 11 nitrogen and oxygen atoms in total. The number of rotatable bonds is 11. The van der Waals surface area contributed by atoms with E-state index in [-0.39, 0.29) is 41.1 Å². The maximum absolute atomic E-state index is 14.0. The third-order valence-corrected chi connectivity index (χ3v) is 13.1. The number of carbonyl (C=O) groups excluding carboxylic acids is 3. The molecule has 4 aliphatic rings. The normalized spacial score (nSPS) is 23.7. The molecule has 5 aromatic rings. The molecule has 9 rings (SSSR count). The van der Waals surface area contributed by atoms with Crippen LogP contribution in [0, 0.1) is 23.7 Å². The van der Waals surface area contributed by atoms with Crippen LogP contribution in [0.5, 0.6) is 0 Å². The van der Waals surface area contributed by atoms with E-state index in [1.54, 1.807) is 0 Å². The largest absolute Gasteiger partial charge is 0.453 e. The molecule has 3 amide bonds. The fraction of sp³-hybridized carbons (Fsp3) is 0.413. The summed E-state index contributed by atoms with van der Waals surface area (Å²) >= 11 is 0. The van der Waals surface area contributed by atoms with Gasteiger partial charge in [0.2, 0.25) is 11.8 Å². The van der Waals surface area contributed by atoms with Crippen LogP contribution in [-0.4, -0.2) is 62.4 Å². The number of imidazole rings is 2. The van der Waals surface area contributed by atoms with Crippen molar-refractivity contribution in [3.8, 4) is 33.6 Å². The molecule has 3 heterocycles. The number of benzene rings is 3. The summed E-state index contributed by atoms with van der Waals surface area (Å²) in [6.07, 6.45) is 10.2. The smallest absolute Gasteiger partial charge is 0.407 e. The quantitative estimate of drug-likeness (QED) is 0.107. The molecule has 11 heteroatoms. The highest BCUT2D eigenvalue weighted by molar-refractivity contribution is 5.86. The summed E-state index contributed by atoms with van der Waals surface area (Å²) in [4.78, 5) is 58.0. The second kappa shape index (κ2) is 15.0. The zero-order valence-corrected chi connectivity index (χ0v) is 32.8. The Hall–Kier alpha value is -5.71.